The summed E-state index contributed by atoms with van der Waals surface area (Å²) in [6, 6.07) is 6.23. The molecule has 0 heterocycles. The molecule has 1 saturated carbocycles. The van der Waals surface area contributed by atoms with Crippen LogP contribution in [0.15, 0.2) is 35.2 Å². The van der Waals surface area contributed by atoms with Crippen LogP contribution in [0.5, 0.6) is 0 Å². The van der Waals surface area contributed by atoms with Crippen molar-refractivity contribution in [3.8, 4) is 0 Å². The minimum atomic E-state index is -3.53. The Morgan fingerprint density at radius 2 is 2.14 bits per heavy atom. The second-order valence-corrected chi connectivity index (χ2v) is 6.99. The molecular formula is C15H19NO4S. The summed E-state index contributed by atoms with van der Waals surface area (Å²) in [5.41, 5.74) is 0.541. The Balaban J connectivity index is 2.01. The normalized spacial score (nSPS) is 16.0. The van der Waals surface area contributed by atoms with Crippen LogP contribution in [-0.4, -0.2) is 26.0 Å². The summed E-state index contributed by atoms with van der Waals surface area (Å²) in [5.74, 6) is -0.417. The first kappa shape index (κ1) is 15.7. The Morgan fingerprint density at radius 3 is 2.76 bits per heavy atom. The molecule has 0 spiro atoms. The standard InChI is InChI=1S/C15H19NO4S/c17-15(18)8-7-13-5-2-6-14(11-13)21(19,20)16-10-9-12-3-1-4-12/h2,5-8,11-12,16H,1,3-4,9-10H2,(H,17,18)/b8-7+. The maximum Gasteiger partial charge on any atom is 0.328 e. The average molecular weight is 309 g/mol. The topological polar surface area (TPSA) is 83.5 Å². The minimum absolute atomic E-state index is 0.156. The summed E-state index contributed by atoms with van der Waals surface area (Å²) in [6.45, 7) is 0.447. The molecule has 0 atom stereocenters. The van der Waals surface area contributed by atoms with Crippen molar-refractivity contribution in [2.75, 3.05) is 6.54 Å². The van der Waals surface area contributed by atoms with Gasteiger partial charge in [0.1, 0.15) is 0 Å². The van der Waals surface area contributed by atoms with Crippen molar-refractivity contribution in [1.29, 1.82) is 0 Å². The van der Waals surface area contributed by atoms with E-state index in [0.717, 1.165) is 12.5 Å². The monoisotopic (exact) mass is 309 g/mol. The molecule has 1 aromatic carbocycles. The number of aliphatic carboxylic acids is 1. The maximum absolute atomic E-state index is 12.2. The van der Waals surface area contributed by atoms with Crippen molar-refractivity contribution in [2.45, 2.75) is 30.6 Å². The lowest BCUT2D eigenvalue weighted by Gasteiger charge is -2.25. The fourth-order valence-corrected chi connectivity index (χ4v) is 3.32. The molecule has 6 heteroatoms. The van der Waals surface area contributed by atoms with E-state index in [4.69, 9.17) is 5.11 Å². The van der Waals surface area contributed by atoms with Crippen molar-refractivity contribution in [2.24, 2.45) is 5.92 Å². The van der Waals surface area contributed by atoms with E-state index in [2.05, 4.69) is 4.72 Å². The molecule has 0 aliphatic heterocycles. The number of nitrogens with one attached hydrogen (secondary N) is 1. The van der Waals surface area contributed by atoms with Crippen LogP contribution in [0.3, 0.4) is 0 Å². The number of hydrogen-bond acceptors (Lipinski definition) is 3. The Kier molecular flexibility index (Phi) is 5.14. The van der Waals surface area contributed by atoms with Crippen LogP contribution in [0.4, 0.5) is 0 Å². The number of benzene rings is 1. The molecule has 0 unspecified atom stereocenters. The van der Waals surface area contributed by atoms with Gasteiger partial charge in [-0.25, -0.2) is 17.9 Å². The Hall–Kier alpha value is -1.66. The highest BCUT2D eigenvalue weighted by atomic mass is 32.2. The van der Waals surface area contributed by atoms with Gasteiger partial charge in [0.2, 0.25) is 10.0 Å². The van der Waals surface area contributed by atoms with Crippen LogP contribution in [0.1, 0.15) is 31.2 Å². The summed E-state index contributed by atoms with van der Waals surface area (Å²) >= 11 is 0. The second-order valence-electron chi connectivity index (χ2n) is 5.23. The van der Waals surface area contributed by atoms with E-state index in [1.54, 1.807) is 12.1 Å². The van der Waals surface area contributed by atoms with Crippen molar-refractivity contribution in [3.05, 3.63) is 35.9 Å². The van der Waals surface area contributed by atoms with Gasteiger partial charge in [0.25, 0.3) is 0 Å². The summed E-state index contributed by atoms with van der Waals surface area (Å²) in [5, 5.41) is 8.58. The number of hydrogen-bond donors (Lipinski definition) is 2. The Bertz CT molecular complexity index is 633. The van der Waals surface area contributed by atoms with Crippen molar-refractivity contribution < 1.29 is 18.3 Å². The van der Waals surface area contributed by atoms with Gasteiger partial charge in [-0.1, -0.05) is 31.4 Å². The average Bonchev–Trinajstić information content (AvgIpc) is 2.39. The lowest BCUT2D eigenvalue weighted by atomic mass is 9.83. The summed E-state index contributed by atoms with van der Waals surface area (Å²) < 4.78 is 26.9. The van der Waals surface area contributed by atoms with Gasteiger partial charge in [0.15, 0.2) is 0 Å². The van der Waals surface area contributed by atoms with E-state index in [1.165, 1.54) is 37.5 Å². The van der Waals surface area contributed by atoms with E-state index in [9.17, 15) is 13.2 Å². The Morgan fingerprint density at radius 1 is 1.38 bits per heavy atom. The molecule has 1 fully saturated rings. The molecule has 0 amide bonds. The highest BCUT2D eigenvalue weighted by Gasteiger charge is 2.19. The molecule has 2 N–H and O–H groups in total. The third-order valence-electron chi connectivity index (χ3n) is 3.66. The van der Waals surface area contributed by atoms with Crippen LogP contribution in [0.2, 0.25) is 0 Å². The number of carboxylic acids is 1. The predicted octanol–water partition coefficient (Wildman–Crippen LogP) is 2.25. The first-order chi connectivity index (χ1) is 9.97. The van der Waals surface area contributed by atoms with Crippen LogP contribution in [0, 0.1) is 5.92 Å². The number of carboxylic acid groups (broad SMARTS) is 1. The van der Waals surface area contributed by atoms with E-state index >= 15 is 0 Å². The minimum Gasteiger partial charge on any atom is -0.478 e. The van der Waals surface area contributed by atoms with Gasteiger partial charge >= 0.3 is 5.97 Å². The molecule has 2 rings (SSSR count). The second kappa shape index (κ2) is 6.87. The van der Waals surface area contributed by atoms with Gasteiger partial charge in [0.05, 0.1) is 4.90 Å². The third-order valence-corrected chi connectivity index (χ3v) is 5.11. The molecular weight excluding hydrogens is 290 g/mol. The molecule has 0 bridgehead atoms. The number of sulfonamides is 1. The molecule has 0 aromatic heterocycles. The number of rotatable bonds is 7. The van der Waals surface area contributed by atoms with Crippen molar-refractivity contribution >= 4 is 22.1 Å². The quantitative estimate of drug-likeness (QED) is 0.757. The SMILES string of the molecule is O=C(O)/C=C/c1cccc(S(=O)(=O)NCCC2CCC2)c1. The van der Waals surface area contributed by atoms with Gasteiger partial charge in [-0.3, -0.25) is 0 Å². The zero-order valence-corrected chi connectivity index (χ0v) is 12.5. The first-order valence-electron chi connectivity index (χ1n) is 6.98. The van der Waals surface area contributed by atoms with Crippen LogP contribution in [-0.2, 0) is 14.8 Å². The lowest BCUT2D eigenvalue weighted by molar-refractivity contribution is -0.131. The molecule has 1 aromatic rings. The molecule has 5 nitrogen and oxygen atoms in total. The van der Waals surface area contributed by atoms with Crippen LogP contribution >= 0.6 is 0 Å². The summed E-state index contributed by atoms with van der Waals surface area (Å²) in [4.78, 5) is 10.6. The van der Waals surface area contributed by atoms with E-state index in [1.807, 2.05) is 0 Å². The maximum atomic E-state index is 12.2. The van der Waals surface area contributed by atoms with Gasteiger partial charge in [-0.2, -0.15) is 0 Å². The molecule has 114 valence electrons. The van der Waals surface area contributed by atoms with Gasteiger partial charge in [0, 0.05) is 12.6 Å². The summed E-state index contributed by atoms with van der Waals surface area (Å²) in [6.07, 6.45) is 6.85. The lowest BCUT2D eigenvalue weighted by Crippen LogP contribution is -2.27. The van der Waals surface area contributed by atoms with E-state index < -0.39 is 16.0 Å². The largest absolute Gasteiger partial charge is 0.478 e. The van der Waals surface area contributed by atoms with Crippen molar-refractivity contribution in [3.63, 3.8) is 0 Å². The molecule has 1 aliphatic carbocycles. The van der Waals surface area contributed by atoms with Gasteiger partial charge < -0.3 is 5.11 Å². The number of carbonyl (C=O) groups is 1. The van der Waals surface area contributed by atoms with E-state index in [0.29, 0.717) is 18.0 Å². The zero-order chi connectivity index (χ0) is 15.3. The van der Waals surface area contributed by atoms with Gasteiger partial charge in [-0.05, 0) is 36.1 Å². The van der Waals surface area contributed by atoms with Crippen LogP contribution in [0.25, 0.3) is 6.08 Å². The smallest absolute Gasteiger partial charge is 0.328 e. The van der Waals surface area contributed by atoms with Crippen molar-refractivity contribution in [1.82, 2.24) is 4.72 Å². The highest BCUT2D eigenvalue weighted by molar-refractivity contribution is 7.89. The molecule has 21 heavy (non-hydrogen) atoms. The summed E-state index contributed by atoms with van der Waals surface area (Å²) in [7, 11) is -3.53. The van der Waals surface area contributed by atoms with Gasteiger partial charge in [-0.15, -0.1) is 0 Å². The fraction of sp³-hybridized carbons (Fsp3) is 0.400. The zero-order valence-electron chi connectivity index (χ0n) is 11.7. The van der Waals surface area contributed by atoms with Crippen LogP contribution < -0.4 is 4.72 Å². The fourth-order valence-electron chi connectivity index (χ4n) is 2.22. The van der Waals surface area contributed by atoms with E-state index in [-0.39, 0.29) is 4.90 Å². The third kappa shape index (κ3) is 4.68. The predicted molar refractivity (Wildman–Crippen MR) is 80.3 cm³/mol. The molecule has 1 aliphatic rings. The Labute approximate surface area is 124 Å². The molecule has 0 saturated heterocycles. The molecule has 0 radical (unpaired) electrons. The first-order valence-corrected chi connectivity index (χ1v) is 8.46. The highest BCUT2D eigenvalue weighted by Crippen LogP contribution is 2.28.